The van der Waals surface area contributed by atoms with Crippen LogP contribution in [0.3, 0.4) is 0 Å². The molecule has 2 aromatic rings. The maximum Gasteiger partial charge on any atom is 0.274 e. The average molecular weight is 370 g/mol. The SMILES string of the molecule is CN(C)CCCNc1ccc(C(=O)N2CCN(c3ncccn3)CC2)nn1. The number of nitrogens with zero attached hydrogens (tertiary/aromatic N) is 7. The number of hydrogen-bond donors (Lipinski definition) is 1. The number of nitrogens with one attached hydrogen (secondary N) is 1. The zero-order valence-corrected chi connectivity index (χ0v) is 15.9. The molecule has 0 unspecified atom stereocenters. The Balaban J connectivity index is 1.48. The minimum atomic E-state index is -0.0877. The van der Waals surface area contributed by atoms with Crippen molar-refractivity contribution in [1.29, 1.82) is 0 Å². The fourth-order valence-electron chi connectivity index (χ4n) is 2.88. The Morgan fingerprint density at radius 3 is 2.48 bits per heavy atom. The van der Waals surface area contributed by atoms with Crippen LogP contribution in [-0.2, 0) is 0 Å². The van der Waals surface area contributed by atoms with Gasteiger partial charge in [-0.3, -0.25) is 4.79 Å². The van der Waals surface area contributed by atoms with Crippen LogP contribution in [0.2, 0.25) is 0 Å². The molecular formula is C18H26N8O. The average Bonchev–Trinajstić information content (AvgIpc) is 2.72. The van der Waals surface area contributed by atoms with Crippen LogP contribution in [0, 0.1) is 0 Å². The first-order valence-electron chi connectivity index (χ1n) is 9.17. The van der Waals surface area contributed by atoms with Gasteiger partial charge >= 0.3 is 0 Å². The summed E-state index contributed by atoms with van der Waals surface area (Å²) in [5, 5.41) is 11.4. The summed E-state index contributed by atoms with van der Waals surface area (Å²) in [4.78, 5) is 27.2. The molecule has 1 amide bonds. The first-order chi connectivity index (χ1) is 13.1. The predicted octanol–water partition coefficient (Wildman–Crippen LogP) is 0.593. The highest BCUT2D eigenvalue weighted by Crippen LogP contribution is 2.12. The second-order valence-corrected chi connectivity index (χ2v) is 6.72. The lowest BCUT2D eigenvalue weighted by atomic mass is 10.2. The van der Waals surface area contributed by atoms with Gasteiger partial charge in [-0.25, -0.2) is 9.97 Å². The van der Waals surface area contributed by atoms with Crippen molar-refractivity contribution in [1.82, 2.24) is 30.0 Å². The normalized spacial score (nSPS) is 14.5. The van der Waals surface area contributed by atoms with Crippen LogP contribution >= 0.6 is 0 Å². The molecular weight excluding hydrogens is 344 g/mol. The van der Waals surface area contributed by atoms with Gasteiger partial charge in [0.05, 0.1) is 0 Å². The molecule has 2 aromatic heterocycles. The third kappa shape index (κ3) is 5.33. The number of piperazine rings is 1. The van der Waals surface area contributed by atoms with Gasteiger partial charge in [-0.1, -0.05) is 0 Å². The molecule has 144 valence electrons. The molecule has 3 heterocycles. The third-order valence-corrected chi connectivity index (χ3v) is 4.37. The van der Waals surface area contributed by atoms with Gasteiger partial charge in [-0.15, -0.1) is 10.2 Å². The van der Waals surface area contributed by atoms with E-state index in [2.05, 4.69) is 35.3 Å². The van der Waals surface area contributed by atoms with Crippen molar-refractivity contribution < 1.29 is 4.79 Å². The van der Waals surface area contributed by atoms with E-state index >= 15 is 0 Å². The molecule has 9 heteroatoms. The molecule has 1 aliphatic rings. The molecule has 3 rings (SSSR count). The minimum Gasteiger partial charge on any atom is -0.369 e. The van der Waals surface area contributed by atoms with Gasteiger partial charge in [0.15, 0.2) is 5.69 Å². The Labute approximate surface area is 159 Å². The van der Waals surface area contributed by atoms with Crippen LogP contribution in [-0.4, -0.2) is 89.2 Å². The predicted molar refractivity (Wildman–Crippen MR) is 104 cm³/mol. The number of aromatic nitrogens is 4. The minimum absolute atomic E-state index is 0.0877. The standard InChI is InChI=1S/C18H26N8O/c1-24(2)10-4-9-19-16-6-5-15(22-23-16)17(27)25-11-13-26(14-12-25)18-20-7-3-8-21-18/h3,5-8H,4,9-14H2,1-2H3,(H,19,23). The summed E-state index contributed by atoms with van der Waals surface area (Å²) in [6.45, 7) is 4.47. The van der Waals surface area contributed by atoms with Crippen molar-refractivity contribution in [3.05, 3.63) is 36.3 Å². The molecule has 0 saturated carbocycles. The Bertz CT molecular complexity index is 714. The fourth-order valence-corrected chi connectivity index (χ4v) is 2.88. The highest BCUT2D eigenvalue weighted by Gasteiger charge is 2.24. The third-order valence-electron chi connectivity index (χ3n) is 4.37. The molecule has 27 heavy (non-hydrogen) atoms. The summed E-state index contributed by atoms with van der Waals surface area (Å²) < 4.78 is 0. The molecule has 0 atom stereocenters. The molecule has 0 spiro atoms. The van der Waals surface area contributed by atoms with Crippen LogP contribution in [0.1, 0.15) is 16.9 Å². The maximum absolute atomic E-state index is 12.6. The lowest BCUT2D eigenvalue weighted by molar-refractivity contribution is 0.0739. The molecule has 1 saturated heterocycles. The van der Waals surface area contributed by atoms with Crippen LogP contribution in [0.5, 0.6) is 0 Å². The topological polar surface area (TPSA) is 90.4 Å². The van der Waals surface area contributed by atoms with Gasteiger partial charge in [0.2, 0.25) is 5.95 Å². The molecule has 1 N–H and O–H groups in total. The summed E-state index contributed by atoms with van der Waals surface area (Å²) in [5.41, 5.74) is 0.373. The Morgan fingerprint density at radius 1 is 1.11 bits per heavy atom. The van der Waals surface area contributed by atoms with Gasteiger partial charge < -0.3 is 20.0 Å². The first kappa shape index (κ1) is 19.0. The van der Waals surface area contributed by atoms with Gasteiger partial charge in [-0.2, -0.15) is 0 Å². The highest BCUT2D eigenvalue weighted by atomic mass is 16.2. The number of hydrogen-bond acceptors (Lipinski definition) is 8. The Morgan fingerprint density at radius 2 is 1.85 bits per heavy atom. The van der Waals surface area contributed by atoms with Crippen molar-refractivity contribution in [2.75, 3.05) is 63.6 Å². The molecule has 1 fully saturated rings. The summed E-state index contributed by atoms with van der Waals surface area (Å²) in [7, 11) is 4.10. The van der Waals surface area contributed by atoms with Crippen molar-refractivity contribution >= 4 is 17.7 Å². The quantitative estimate of drug-likeness (QED) is 0.709. The van der Waals surface area contributed by atoms with Crippen LogP contribution < -0.4 is 10.2 Å². The van der Waals surface area contributed by atoms with E-state index in [1.807, 2.05) is 20.2 Å². The largest absolute Gasteiger partial charge is 0.369 e. The lowest BCUT2D eigenvalue weighted by Crippen LogP contribution is -2.49. The number of amides is 1. The van der Waals surface area contributed by atoms with Crippen LogP contribution in [0.15, 0.2) is 30.6 Å². The zero-order valence-electron chi connectivity index (χ0n) is 15.9. The van der Waals surface area contributed by atoms with E-state index in [4.69, 9.17) is 0 Å². The summed E-state index contributed by atoms with van der Waals surface area (Å²) >= 11 is 0. The smallest absolute Gasteiger partial charge is 0.274 e. The first-order valence-corrected chi connectivity index (χ1v) is 9.17. The van der Waals surface area contributed by atoms with E-state index in [0.717, 1.165) is 19.5 Å². The fraction of sp³-hybridized carbons (Fsp3) is 0.500. The number of anilines is 2. The van der Waals surface area contributed by atoms with Crippen molar-refractivity contribution in [2.45, 2.75) is 6.42 Å². The van der Waals surface area contributed by atoms with Gasteiger partial charge in [-0.05, 0) is 45.3 Å². The second kappa shape index (κ2) is 9.22. The monoisotopic (exact) mass is 370 g/mol. The van der Waals surface area contributed by atoms with E-state index in [1.165, 1.54) is 0 Å². The molecule has 0 radical (unpaired) electrons. The number of carbonyl (C=O) groups excluding carboxylic acids is 1. The van der Waals surface area contributed by atoms with Gasteiger partial charge in [0, 0.05) is 45.1 Å². The van der Waals surface area contributed by atoms with E-state index in [1.54, 1.807) is 29.4 Å². The van der Waals surface area contributed by atoms with Crippen LogP contribution in [0.4, 0.5) is 11.8 Å². The van der Waals surface area contributed by atoms with Gasteiger partial charge in [0.25, 0.3) is 5.91 Å². The van der Waals surface area contributed by atoms with Crippen LogP contribution in [0.25, 0.3) is 0 Å². The van der Waals surface area contributed by atoms with Crippen molar-refractivity contribution in [3.8, 4) is 0 Å². The molecule has 0 bridgehead atoms. The second-order valence-electron chi connectivity index (χ2n) is 6.72. The zero-order chi connectivity index (χ0) is 19.1. The van der Waals surface area contributed by atoms with E-state index in [0.29, 0.717) is 43.6 Å². The highest BCUT2D eigenvalue weighted by molar-refractivity contribution is 5.92. The summed E-state index contributed by atoms with van der Waals surface area (Å²) in [5.74, 6) is 1.31. The summed E-state index contributed by atoms with van der Waals surface area (Å²) in [6.07, 6.45) is 4.47. The van der Waals surface area contributed by atoms with E-state index < -0.39 is 0 Å². The molecule has 1 aliphatic heterocycles. The Hall–Kier alpha value is -2.81. The Kier molecular flexibility index (Phi) is 6.48. The lowest BCUT2D eigenvalue weighted by Gasteiger charge is -2.34. The van der Waals surface area contributed by atoms with E-state index in [9.17, 15) is 4.79 Å². The molecule has 0 aromatic carbocycles. The molecule has 0 aliphatic carbocycles. The summed E-state index contributed by atoms with van der Waals surface area (Å²) in [6, 6.07) is 5.34. The molecule has 9 nitrogen and oxygen atoms in total. The number of carbonyl (C=O) groups is 1. The van der Waals surface area contributed by atoms with E-state index in [-0.39, 0.29) is 5.91 Å². The van der Waals surface area contributed by atoms with Crippen molar-refractivity contribution in [3.63, 3.8) is 0 Å². The van der Waals surface area contributed by atoms with Gasteiger partial charge in [0.1, 0.15) is 5.82 Å². The number of rotatable bonds is 7. The maximum atomic E-state index is 12.6. The van der Waals surface area contributed by atoms with Crippen molar-refractivity contribution in [2.24, 2.45) is 0 Å².